The molecule has 1 heteroatoms. The van der Waals surface area contributed by atoms with Crippen molar-refractivity contribution in [2.75, 3.05) is 7.05 Å². The molecule has 0 radical (unpaired) electrons. The van der Waals surface area contributed by atoms with Gasteiger partial charge in [0.25, 0.3) is 0 Å². The predicted molar refractivity (Wildman–Crippen MR) is 56.0 cm³/mol. The molecule has 0 aliphatic carbocycles. The van der Waals surface area contributed by atoms with E-state index in [1.807, 2.05) is 13.1 Å². The van der Waals surface area contributed by atoms with E-state index < -0.39 is 0 Å². The van der Waals surface area contributed by atoms with Gasteiger partial charge < -0.3 is 5.32 Å². The molecule has 1 unspecified atom stereocenters. The Balaban J connectivity index is 4.43. The molecule has 0 fully saturated rings. The largest absolute Gasteiger partial charge is 0.392 e. The zero-order valence-corrected chi connectivity index (χ0v) is 8.78. The highest BCUT2D eigenvalue weighted by molar-refractivity contribution is 5.04. The van der Waals surface area contributed by atoms with E-state index in [0.717, 1.165) is 12.1 Å². The number of allylic oxidation sites excluding steroid dienone is 2. The summed E-state index contributed by atoms with van der Waals surface area (Å²) in [6.07, 6.45) is 2.95. The molecule has 0 saturated heterocycles. The van der Waals surface area contributed by atoms with Crippen LogP contribution in [0.1, 0.15) is 27.2 Å². The van der Waals surface area contributed by atoms with E-state index in [1.54, 1.807) is 0 Å². The Hall–Kier alpha value is -0.720. The molecule has 0 aliphatic heterocycles. The van der Waals surface area contributed by atoms with Crippen molar-refractivity contribution in [2.45, 2.75) is 27.2 Å². The van der Waals surface area contributed by atoms with E-state index in [0.29, 0.717) is 5.92 Å². The smallest absolute Gasteiger partial charge is 0.00709 e. The Bertz CT molecular complexity index is 162. The minimum absolute atomic E-state index is 0.258. The monoisotopic (exact) mass is 167 g/mol. The second-order valence-corrected chi connectivity index (χ2v) is 4.22. The third-order valence-electron chi connectivity index (χ3n) is 2.19. The molecule has 0 aliphatic rings. The fourth-order valence-electron chi connectivity index (χ4n) is 1.36. The van der Waals surface area contributed by atoms with Crippen molar-refractivity contribution >= 4 is 0 Å². The first-order valence-electron chi connectivity index (χ1n) is 4.41. The number of rotatable bonds is 4. The van der Waals surface area contributed by atoms with Gasteiger partial charge in [-0.25, -0.2) is 0 Å². The van der Waals surface area contributed by atoms with Crippen LogP contribution in [0.3, 0.4) is 0 Å². The summed E-state index contributed by atoms with van der Waals surface area (Å²) in [5, 5.41) is 3.11. The van der Waals surface area contributed by atoms with Gasteiger partial charge in [0.2, 0.25) is 0 Å². The molecule has 1 atom stereocenters. The van der Waals surface area contributed by atoms with Crippen molar-refractivity contribution in [3.05, 3.63) is 24.9 Å². The molecule has 0 aromatic carbocycles. The summed E-state index contributed by atoms with van der Waals surface area (Å²) < 4.78 is 0. The van der Waals surface area contributed by atoms with Gasteiger partial charge in [0.15, 0.2) is 0 Å². The normalized spacial score (nSPS) is 13.7. The fourth-order valence-corrected chi connectivity index (χ4v) is 1.36. The van der Waals surface area contributed by atoms with Gasteiger partial charge in [-0.15, -0.1) is 6.58 Å². The van der Waals surface area contributed by atoms with Gasteiger partial charge in [-0.3, -0.25) is 0 Å². The first-order valence-corrected chi connectivity index (χ1v) is 4.41. The number of nitrogens with one attached hydrogen (secondary N) is 1. The molecule has 0 bridgehead atoms. The zero-order valence-electron chi connectivity index (χ0n) is 8.78. The lowest BCUT2D eigenvalue weighted by Gasteiger charge is -2.31. The Labute approximate surface area is 76.6 Å². The van der Waals surface area contributed by atoms with Crippen LogP contribution in [0, 0.1) is 11.3 Å². The van der Waals surface area contributed by atoms with Crippen LogP contribution in [0.25, 0.3) is 0 Å². The van der Waals surface area contributed by atoms with E-state index in [2.05, 4.69) is 39.2 Å². The lowest BCUT2D eigenvalue weighted by molar-refractivity contribution is 0.273. The molecule has 0 amide bonds. The molecule has 1 N–H and O–H groups in total. The first-order chi connectivity index (χ1) is 5.43. The topological polar surface area (TPSA) is 12.0 Å². The maximum atomic E-state index is 4.00. The highest BCUT2D eigenvalue weighted by Gasteiger charge is 2.25. The second-order valence-electron chi connectivity index (χ2n) is 4.22. The van der Waals surface area contributed by atoms with Crippen LogP contribution < -0.4 is 5.32 Å². The highest BCUT2D eigenvalue weighted by Crippen LogP contribution is 2.32. The third kappa shape index (κ3) is 3.12. The molecule has 0 aromatic rings. The minimum atomic E-state index is 0.258. The summed E-state index contributed by atoms with van der Waals surface area (Å²) in [6.45, 7) is 14.4. The van der Waals surface area contributed by atoms with Crippen molar-refractivity contribution < 1.29 is 0 Å². The average Bonchev–Trinajstić information content (AvgIpc) is 1.96. The Morgan fingerprint density at radius 1 is 1.50 bits per heavy atom. The fraction of sp³-hybridized carbons (Fsp3) is 0.636. The SMILES string of the molecule is C=CCC(C(=C)NC)C(C)(C)C. The van der Waals surface area contributed by atoms with Crippen molar-refractivity contribution in [3.8, 4) is 0 Å². The maximum absolute atomic E-state index is 4.00. The van der Waals surface area contributed by atoms with Gasteiger partial charge in [0.05, 0.1) is 0 Å². The lowest BCUT2D eigenvalue weighted by Crippen LogP contribution is -2.27. The van der Waals surface area contributed by atoms with Gasteiger partial charge >= 0.3 is 0 Å². The Morgan fingerprint density at radius 3 is 2.25 bits per heavy atom. The molecule has 0 spiro atoms. The molecule has 0 heterocycles. The summed E-state index contributed by atoms with van der Waals surface area (Å²) in [6, 6.07) is 0. The number of hydrogen-bond donors (Lipinski definition) is 1. The summed E-state index contributed by atoms with van der Waals surface area (Å²) in [7, 11) is 1.92. The van der Waals surface area contributed by atoms with Gasteiger partial charge in [0, 0.05) is 18.7 Å². The van der Waals surface area contributed by atoms with Crippen molar-refractivity contribution in [1.29, 1.82) is 0 Å². The molecule has 1 nitrogen and oxygen atoms in total. The van der Waals surface area contributed by atoms with E-state index >= 15 is 0 Å². The summed E-state index contributed by atoms with van der Waals surface area (Å²) in [5.74, 6) is 0.472. The quantitative estimate of drug-likeness (QED) is 0.635. The summed E-state index contributed by atoms with van der Waals surface area (Å²) in [5.41, 5.74) is 1.36. The van der Waals surface area contributed by atoms with Crippen molar-refractivity contribution in [3.63, 3.8) is 0 Å². The third-order valence-corrected chi connectivity index (χ3v) is 2.19. The van der Waals surface area contributed by atoms with Crippen molar-refractivity contribution in [1.82, 2.24) is 5.32 Å². The van der Waals surface area contributed by atoms with Crippen LogP contribution in [0.4, 0.5) is 0 Å². The average molecular weight is 167 g/mol. The van der Waals surface area contributed by atoms with Crippen LogP contribution in [0.2, 0.25) is 0 Å². The minimum Gasteiger partial charge on any atom is -0.392 e. The van der Waals surface area contributed by atoms with Gasteiger partial charge in [-0.05, 0) is 11.8 Å². The first kappa shape index (κ1) is 11.3. The van der Waals surface area contributed by atoms with E-state index in [4.69, 9.17) is 0 Å². The molecule has 0 saturated carbocycles. The molecule has 0 aromatic heterocycles. The molecule has 70 valence electrons. The van der Waals surface area contributed by atoms with Crippen LogP contribution in [0.15, 0.2) is 24.9 Å². The summed E-state index contributed by atoms with van der Waals surface area (Å²) in [4.78, 5) is 0. The number of hydrogen-bond acceptors (Lipinski definition) is 1. The van der Waals surface area contributed by atoms with E-state index in [-0.39, 0.29) is 5.41 Å². The predicted octanol–water partition coefficient (Wildman–Crippen LogP) is 2.96. The lowest BCUT2D eigenvalue weighted by atomic mass is 9.77. The molecule has 12 heavy (non-hydrogen) atoms. The van der Waals surface area contributed by atoms with Crippen LogP contribution in [-0.4, -0.2) is 7.05 Å². The maximum Gasteiger partial charge on any atom is 0.00709 e. The van der Waals surface area contributed by atoms with Gasteiger partial charge in [-0.2, -0.15) is 0 Å². The molecule has 0 rings (SSSR count). The Morgan fingerprint density at radius 2 is 2.00 bits per heavy atom. The van der Waals surface area contributed by atoms with Gasteiger partial charge in [0.1, 0.15) is 0 Å². The van der Waals surface area contributed by atoms with Gasteiger partial charge in [-0.1, -0.05) is 33.4 Å². The molecular weight excluding hydrogens is 146 g/mol. The highest BCUT2D eigenvalue weighted by atomic mass is 14.8. The standard InChI is InChI=1S/C11H21N/c1-7-8-10(9(2)12-6)11(3,4)5/h7,10,12H,1-2,8H2,3-6H3. The molecular formula is C11H21N. The Kier molecular flexibility index (Phi) is 4.08. The van der Waals surface area contributed by atoms with Crippen LogP contribution >= 0.6 is 0 Å². The van der Waals surface area contributed by atoms with E-state index in [1.165, 1.54) is 0 Å². The zero-order chi connectivity index (χ0) is 9.78. The van der Waals surface area contributed by atoms with Crippen LogP contribution in [-0.2, 0) is 0 Å². The second kappa shape index (κ2) is 4.34. The van der Waals surface area contributed by atoms with Crippen LogP contribution in [0.5, 0.6) is 0 Å². The summed E-state index contributed by atoms with van der Waals surface area (Å²) >= 11 is 0. The van der Waals surface area contributed by atoms with Crippen molar-refractivity contribution in [2.24, 2.45) is 11.3 Å². The van der Waals surface area contributed by atoms with E-state index in [9.17, 15) is 0 Å².